The molecule has 1 aromatic carbocycles. The van der Waals surface area contributed by atoms with E-state index in [0.29, 0.717) is 12.0 Å². The summed E-state index contributed by atoms with van der Waals surface area (Å²) in [4.78, 5) is 2.44. The number of anilines is 1. The highest BCUT2D eigenvalue weighted by molar-refractivity contribution is 5.65. The third kappa shape index (κ3) is 2.12. The molecule has 0 radical (unpaired) electrons. The summed E-state index contributed by atoms with van der Waals surface area (Å²) in [5.74, 6) is 1.51. The predicted molar refractivity (Wildman–Crippen MR) is 71.9 cm³/mol. The highest BCUT2D eigenvalue weighted by Gasteiger charge is 2.31. The number of fused-ring (bicyclic) bond motifs is 1. The number of ether oxygens (including phenoxy) is 1. The molecule has 1 atom stereocenters. The molecule has 0 bridgehead atoms. The quantitative estimate of drug-likeness (QED) is 0.869. The summed E-state index contributed by atoms with van der Waals surface area (Å²) < 4.78 is 5.49. The van der Waals surface area contributed by atoms with E-state index in [2.05, 4.69) is 30.9 Å². The van der Waals surface area contributed by atoms with Crippen molar-refractivity contribution in [3.8, 4) is 5.75 Å². The van der Waals surface area contributed by atoms with Crippen molar-refractivity contribution in [3.63, 3.8) is 0 Å². The van der Waals surface area contributed by atoms with Crippen LogP contribution in [0, 0.1) is 0 Å². The molecule has 17 heavy (non-hydrogen) atoms. The van der Waals surface area contributed by atoms with Crippen molar-refractivity contribution >= 4 is 5.69 Å². The maximum Gasteiger partial charge on any atom is 0.124 e. The Morgan fingerprint density at radius 1 is 1.47 bits per heavy atom. The molecule has 0 saturated carbocycles. The highest BCUT2D eigenvalue weighted by atomic mass is 16.5. The summed E-state index contributed by atoms with van der Waals surface area (Å²) in [5, 5.41) is 0. The maximum atomic E-state index is 5.72. The van der Waals surface area contributed by atoms with Crippen LogP contribution in [0.4, 0.5) is 5.69 Å². The number of nitrogens with zero attached hydrogens (tertiary/aromatic N) is 1. The van der Waals surface area contributed by atoms with Gasteiger partial charge in [0.15, 0.2) is 0 Å². The van der Waals surface area contributed by atoms with Gasteiger partial charge in [0.1, 0.15) is 5.75 Å². The topological polar surface area (TPSA) is 38.5 Å². The van der Waals surface area contributed by atoms with Gasteiger partial charge in [-0.1, -0.05) is 6.07 Å². The summed E-state index contributed by atoms with van der Waals surface area (Å²) in [6, 6.07) is 6.82. The third-order valence-electron chi connectivity index (χ3n) is 3.54. The monoisotopic (exact) mass is 234 g/mol. The van der Waals surface area contributed by atoms with E-state index in [1.165, 1.54) is 11.3 Å². The molecule has 0 aromatic heterocycles. The zero-order valence-corrected chi connectivity index (χ0v) is 10.9. The Kier molecular flexibility index (Phi) is 3.57. The van der Waals surface area contributed by atoms with Gasteiger partial charge in [0, 0.05) is 29.8 Å². The SMILES string of the molecule is COc1cccc2c1C(CCN)CN2C(C)C. The molecule has 1 heterocycles. The van der Waals surface area contributed by atoms with Crippen LogP contribution in [-0.2, 0) is 0 Å². The minimum Gasteiger partial charge on any atom is -0.496 e. The largest absolute Gasteiger partial charge is 0.496 e. The highest BCUT2D eigenvalue weighted by Crippen LogP contribution is 2.44. The number of hydrogen-bond donors (Lipinski definition) is 1. The molecule has 0 amide bonds. The van der Waals surface area contributed by atoms with Gasteiger partial charge >= 0.3 is 0 Å². The van der Waals surface area contributed by atoms with Crippen LogP contribution in [0.3, 0.4) is 0 Å². The van der Waals surface area contributed by atoms with Crippen LogP contribution in [0.5, 0.6) is 5.75 Å². The van der Waals surface area contributed by atoms with E-state index in [1.54, 1.807) is 7.11 Å². The van der Waals surface area contributed by atoms with Gasteiger partial charge < -0.3 is 15.4 Å². The van der Waals surface area contributed by atoms with Crippen molar-refractivity contribution in [2.45, 2.75) is 32.2 Å². The minimum absolute atomic E-state index is 0.508. The molecule has 1 aromatic rings. The Hall–Kier alpha value is -1.22. The number of nitrogens with two attached hydrogens (primary N) is 1. The van der Waals surface area contributed by atoms with E-state index < -0.39 is 0 Å². The van der Waals surface area contributed by atoms with E-state index in [1.807, 2.05) is 6.07 Å². The van der Waals surface area contributed by atoms with Crippen molar-refractivity contribution in [3.05, 3.63) is 23.8 Å². The van der Waals surface area contributed by atoms with Gasteiger partial charge in [-0.2, -0.15) is 0 Å². The summed E-state index contributed by atoms with van der Waals surface area (Å²) >= 11 is 0. The van der Waals surface area contributed by atoms with Gasteiger partial charge in [0.05, 0.1) is 7.11 Å². The summed E-state index contributed by atoms with van der Waals surface area (Å²) in [5.41, 5.74) is 8.38. The van der Waals surface area contributed by atoms with Crippen molar-refractivity contribution in [2.75, 3.05) is 25.1 Å². The van der Waals surface area contributed by atoms with Crippen LogP contribution in [0.1, 0.15) is 31.7 Å². The van der Waals surface area contributed by atoms with Gasteiger partial charge in [-0.15, -0.1) is 0 Å². The average molecular weight is 234 g/mol. The van der Waals surface area contributed by atoms with Crippen LogP contribution in [0.25, 0.3) is 0 Å². The Morgan fingerprint density at radius 3 is 2.82 bits per heavy atom. The third-order valence-corrected chi connectivity index (χ3v) is 3.54. The Bertz CT molecular complexity index is 390. The standard InChI is InChI=1S/C14H22N2O/c1-10(2)16-9-11(7-8-15)14-12(16)5-4-6-13(14)17-3/h4-6,10-11H,7-9,15H2,1-3H3. The Labute approximate surface area is 104 Å². The van der Waals surface area contributed by atoms with E-state index >= 15 is 0 Å². The fraction of sp³-hybridized carbons (Fsp3) is 0.571. The molecule has 0 aliphatic carbocycles. The first-order chi connectivity index (χ1) is 8.19. The molecular formula is C14H22N2O. The molecule has 94 valence electrons. The van der Waals surface area contributed by atoms with E-state index in [9.17, 15) is 0 Å². The van der Waals surface area contributed by atoms with Crippen LogP contribution in [-0.4, -0.2) is 26.2 Å². The predicted octanol–water partition coefficient (Wildman–Crippen LogP) is 2.36. The lowest BCUT2D eigenvalue weighted by molar-refractivity contribution is 0.407. The summed E-state index contributed by atoms with van der Waals surface area (Å²) in [7, 11) is 1.74. The zero-order chi connectivity index (χ0) is 12.4. The second kappa shape index (κ2) is 4.96. The lowest BCUT2D eigenvalue weighted by Gasteiger charge is -2.24. The first-order valence-electron chi connectivity index (χ1n) is 6.32. The van der Waals surface area contributed by atoms with E-state index in [4.69, 9.17) is 10.5 Å². The number of hydrogen-bond acceptors (Lipinski definition) is 3. The van der Waals surface area contributed by atoms with Crippen molar-refractivity contribution in [1.82, 2.24) is 0 Å². The molecule has 3 heteroatoms. The normalized spacial score (nSPS) is 18.6. The summed E-state index contributed by atoms with van der Waals surface area (Å²) in [6.45, 7) is 6.25. The zero-order valence-electron chi connectivity index (χ0n) is 10.9. The van der Waals surface area contributed by atoms with Gasteiger partial charge in [-0.05, 0) is 38.9 Å². The van der Waals surface area contributed by atoms with Gasteiger partial charge in [0.25, 0.3) is 0 Å². The van der Waals surface area contributed by atoms with Gasteiger partial charge in [-0.3, -0.25) is 0 Å². The molecule has 1 aliphatic rings. The van der Waals surface area contributed by atoms with E-state index in [-0.39, 0.29) is 0 Å². The molecular weight excluding hydrogens is 212 g/mol. The number of rotatable bonds is 4. The minimum atomic E-state index is 0.508. The molecule has 1 aliphatic heterocycles. The van der Waals surface area contributed by atoms with Crippen LogP contribution < -0.4 is 15.4 Å². The van der Waals surface area contributed by atoms with E-state index in [0.717, 1.165) is 25.3 Å². The van der Waals surface area contributed by atoms with Crippen molar-refractivity contribution < 1.29 is 4.74 Å². The molecule has 0 saturated heterocycles. The first kappa shape index (κ1) is 12.2. The van der Waals surface area contributed by atoms with Crippen molar-refractivity contribution in [2.24, 2.45) is 5.73 Å². The lowest BCUT2D eigenvalue weighted by Crippen LogP contribution is -2.29. The Balaban J connectivity index is 2.43. The second-order valence-corrected chi connectivity index (χ2v) is 4.91. The Morgan fingerprint density at radius 2 is 2.24 bits per heavy atom. The van der Waals surface area contributed by atoms with Gasteiger partial charge in [-0.25, -0.2) is 0 Å². The van der Waals surface area contributed by atoms with Gasteiger partial charge in [0.2, 0.25) is 0 Å². The fourth-order valence-electron chi connectivity index (χ4n) is 2.72. The van der Waals surface area contributed by atoms with Crippen molar-refractivity contribution in [1.29, 1.82) is 0 Å². The first-order valence-corrected chi connectivity index (χ1v) is 6.32. The molecule has 3 nitrogen and oxygen atoms in total. The maximum absolute atomic E-state index is 5.72. The molecule has 0 spiro atoms. The molecule has 1 unspecified atom stereocenters. The fourth-order valence-corrected chi connectivity index (χ4v) is 2.72. The van der Waals surface area contributed by atoms with Crippen LogP contribution >= 0.6 is 0 Å². The van der Waals surface area contributed by atoms with Crippen LogP contribution in [0.2, 0.25) is 0 Å². The molecule has 2 N–H and O–H groups in total. The number of benzene rings is 1. The molecule has 0 fully saturated rings. The number of methoxy groups -OCH3 is 1. The summed E-state index contributed by atoms with van der Waals surface area (Å²) in [6.07, 6.45) is 1.02. The lowest BCUT2D eigenvalue weighted by atomic mass is 9.97. The smallest absolute Gasteiger partial charge is 0.124 e. The molecule has 2 rings (SSSR count). The average Bonchev–Trinajstić information content (AvgIpc) is 2.69. The second-order valence-electron chi connectivity index (χ2n) is 4.91. The van der Waals surface area contributed by atoms with Crippen LogP contribution in [0.15, 0.2) is 18.2 Å².